The molecule has 3 heteroatoms. The monoisotopic (exact) mass is 219 g/mol. The van der Waals surface area contributed by atoms with Gasteiger partial charge in [0.2, 0.25) is 5.91 Å². The first-order chi connectivity index (χ1) is 7.56. The third kappa shape index (κ3) is 1.61. The van der Waals surface area contributed by atoms with E-state index in [4.69, 9.17) is 10.5 Å². The Kier molecular flexibility index (Phi) is 2.72. The van der Waals surface area contributed by atoms with Gasteiger partial charge in [0.25, 0.3) is 0 Å². The van der Waals surface area contributed by atoms with Gasteiger partial charge in [0.05, 0.1) is 13.2 Å². The lowest BCUT2D eigenvalue weighted by Crippen LogP contribution is -2.56. The van der Waals surface area contributed by atoms with Gasteiger partial charge in [0.1, 0.15) is 5.41 Å². The maximum absolute atomic E-state index is 11.5. The van der Waals surface area contributed by atoms with Crippen molar-refractivity contribution in [1.82, 2.24) is 0 Å². The molecule has 86 valence electrons. The van der Waals surface area contributed by atoms with Gasteiger partial charge in [-0.3, -0.25) is 4.79 Å². The second kappa shape index (κ2) is 3.91. The Morgan fingerprint density at radius 2 is 1.88 bits per heavy atom. The number of primary amides is 1. The lowest BCUT2D eigenvalue weighted by Gasteiger charge is -2.38. The fourth-order valence-electron chi connectivity index (χ4n) is 1.94. The zero-order chi connectivity index (χ0) is 11.8. The van der Waals surface area contributed by atoms with Gasteiger partial charge in [-0.25, -0.2) is 0 Å². The second-order valence-corrected chi connectivity index (χ2v) is 4.72. The zero-order valence-electron chi connectivity index (χ0n) is 9.69. The number of ether oxygens (including phenoxy) is 1. The van der Waals surface area contributed by atoms with E-state index in [1.165, 1.54) is 5.56 Å². The van der Waals surface area contributed by atoms with Crippen molar-refractivity contribution in [3.63, 3.8) is 0 Å². The van der Waals surface area contributed by atoms with Crippen molar-refractivity contribution in [2.75, 3.05) is 13.2 Å². The standard InChI is InChI=1S/C13H17NO2/c1-9(2)10-3-5-11(6-4-10)13(12(14)15)7-16-8-13/h3-6,9H,7-8H2,1-2H3,(H2,14,15). The van der Waals surface area contributed by atoms with E-state index in [2.05, 4.69) is 26.0 Å². The van der Waals surface area contributed by atoms with E-state index in [9.17, 15) is 4.79 Å². The van der Waals surface area contributed by atoms with E-state index in [1.54, 1.807) is 0 Å². The smallest absolute Gasteiger partial charge is 0.232 e. The zero-order valence-corrected chi connectivity index (χ0v) is 9.69. The summed E-state index contributed by atoms with van der Waals surface area (Å²) in [6.07, 6.45) is 0. The molecule has 0 spiro atoms. The van der Waals surface area contributed by atoms with Gasteiger partial charge in [-0.2, -0.15) is 0 Å². The fraction of sp³-hybridized carbons (Fsp3) is 0.462. The predicted molar refractivity (Wildman–Crippen MR) is 62.2 cm³/mol. The number of benzene rings is 1. The Balaban J connectivity index is 2.30. The second-order valence-electron chi connectivity index (χ2n) is 4.72. The molecule has 0 aromatic heterocycles. The molecule has 1 aromatic carbocycles. The van der Waals surface area contributed by atoms with Gasteiger partial charge in [0.15, 0.2) is 0 Å². The van der Waals surface area contributed by atoms with Gasteiger partial charge in [-0.05, 0) is 17.0 Å². The Bertz CT molecular complexity index is 391. The van der Waals surface area contributed by atoms with Crippen molar-refractivity contribution >= 4 is 5.91 Å². The minimum Gasteiger partial charge on any atom is -0.378 e. The van der Waals surface area contributed by atoms with Crippen LogP contribution in [0, 0.1) is 0 Å². The number of nitrogens with two attached hydrogens (primary N) is 1. The molecular formula is C13H17NO2. The summed E-state index contributed by atoms with van der Waals surface area (Å²) < 4.78 is 5.13. The summed E-state index contributed by atoms with van der Waals surface area (Å²) in [4.78, 5) is 11.5. The number of carbonyl (C=O) groups is 1. The third-order valence-corrected chi connectivity index (χ3v) is 3.30. The molecule has 1 aliphatic heterocycles. The maximum atomic E-state index is 11.5. The molecule has 1 aliphatic rings. The first kappa shape index (κ1) is 11.1. The van der Waals surface area contributed by atoms with Crippen molar-refractivity contribution in [3.8, 4) is 0 Å². The molecule has 0 radical (unpaired) electrons. The average Bonchev–Trinajstić information content (AvgIpc) is 2.16. The molecule has 3 nitrogen and oxygen atoms in total. The Morgan fingerprint density at radius 3 is 2.19 bits per heavy atom. The molecular weight excluding hydrogens is 202 g/mol. The summed E-state index contributed by atoms with van der Waals surface area (Å²) >= 11 is 0. The molecule has 16 heavy (non-hydrogen) atoms. The van der Waals surface area contributed by atoms with E-state index in [0.29, 0.717) is 19.1 Å². The topological polar surface area (TPSA) is 52.3 Å². The Labute approximate surface area is 95.6 Å². The lowest BCUT2D eigenvalue weighted by molar-refractivity contribution is -0.141. The SMILES string of the molecule is CC(C)c1ccc(C2(C(N)=O)COC2)cc1. The third-order valence-electron chi connectivity index (χ3n) is 3.30. The van der Waals surface area contributed by atoms with Crippen molar-refractivity contribution in [2.45, 2.75) is 25.2 Å². The number of hydrogen-bond acceptors (Lipinski definition) is 2. The van der Waals surface area contributed by atoms with Crippen molar-refractivity contribution in [3.05, 3.63) is 35.4 Å². The highest BCUT2D eigenvalue weighted by molar-refractivity contribution is 5.88. The molecule has 0 unspecified atom stereocenters. The van der Waals surface area contributed by atoms with Crippen molar-refractivity contribution in [2.24, 2.45) is 5.73 Å². The van der Waals surface area contributed by atoms with Crippen LogP contribution in [0.5, 0.6) is 0 Å². The molecule has 1 heterocycles. The Morgan fingerprint density at radius 1 is 1.31 bits per heavy atom. The number of hydrogen-bond donors (Lipinski definition) is 1. The van der Waals surface area contributed by atoms with Crippen LogP contribution in [0.1, 0.15) is 30.9 Å². The summed E-state index contributed by atoms with van der Waals surface area (Å²) in [5.74, 6) is 0.201. The van der Waals surface area contributed by atoms with E-state index in [-0.39, 0.29) is 5.91 Å². The molecule has 0 saturated carbocycles. The van der Waals surface area contributed by atoms with Crippen LogP contribution in [-0.2, 0) is 14.9 Å². The van der Waals surface area contributed by atoms with Crippen LogP contribution >= 0.6 is 0 Å². The highest BCUT2D eigenvalue weighted by Gasteiger charge is 2.45. The normalized spacial score (nSPS) is 18.2. The van der Waals surface area contributed by atoms with Gasteiger partial charge in [-0.1, -0.05) is 38.1 Å². The molecule has 2 rings (SSSR count). The highest BCUT2D eigenvalue weighted by atomic mass is 16.5. The predicted octanol–water partition coefficient (Wildman–Crippen LogP) is 1.56. The minimum atomic E-state index is -0.588. The molecule has 1 saturated heterocycles. The summed E-state index contributed by atoms with van der Waals surface area (Å²) in [5, 5.41) is 0. The van der Waals surface area contributed by atoms with Crippen LogP contribution in [0.3, 0.4) is 0 Å². The van der Waals surface area contributed by atoms with E-state index < -0.39 is 5.41 Å². The van der Waals surface area contributed by atoms with Gasteiger partial charge >= 0.3 is 0 Å². The van der Waals surface area contributed by atoms with Crippen LogP contribution < -0.4 is 5.73 Å². The first-order valence-corrected chi connectivity index (χ1v) is 5.54. The van der Waals surface area contributed by atoms with Gasteiger partial charge < -0.3 is 10.5 Å². The molecule has 2 N–H and O–H groups in total. The van der Waals surface area contributed by atoms with E-state index in [1.807, 2.05) is 12.1 Å². The maximum Gasteiger partial charge on any atom is 0.232 e. The molecule has 1 aromatic rings. The lowest BCUT2D eigenvalue weighted by atomic mass is 9.77. The highest BCUT2D eigenvalue weighted by Crippen LogP contribution is 2.32. The van der Waals surface area contributed by atoms with Crippen LogP contribution in [-0.4, -0.2) is 19.1 Å². The summed E-state index contributed by atoms with van der Waals surface area (Å²) in [7, 11) is 0. The van der Waals surface area contributed by atoms with Crippen LogP contribution in [0.2, 0.25) is 0 Å². The molecule has 1 amide bonds. The number of amides is 1. The number of rotatable bonds is 3. The first-order valence-electron chi connectivity index (χ1n) is 5.54. The van der Waals surface area contributed by atoms with Crippen molar-refractivity contribution < 1.29 is 9.53 Å². The average molecular weight is 219 g/mol. The quantitative estimate of drug-likeness (QED) is 0.838. The van der Waals surface area contributed by atoms with Crippen LogP contribution in [0.4, 0.5) is 0 Å². The molecule has 0 aliphatic carbocycles. The van der Waals surface area contributed by atoms with Crippen LogP contribution in [0.15, 0.2) is 24.3 Å². The van der Waals surface area contributed by atoms with E-state index >= 15 is 0 Å². The van der Waals surface area contributed by atoms with Crippen LogP contribution in [0.25, 0.3) is 0 Å². The summed E-state index contributed by atoms with van der Waals surface area (Å²) in [5.41, 5.74) is 7.09. The fourth-order valence-corrected chi connectivity index (χ4v) is 1.94. The largest absolute Gasteiger partial charge is 0.378 e. The van der Waals surface area contributed by atoms with E-state index in [0.717, 1.165) is 5.56 Å². The Hall–Kier alpha value is -1.35. The van der Waals surface area contributed by atoms with Gasteiger partial charge in [0, 0.05) is 0 Å². The molecule has 0 bridgehead atoms. The van der Waals surface area contributed by atoms with Crippen molar-refractivity contribution in [1.29, 1.82) is 0 Å². The summed E-state index contributed by atoms with van der Waals surface area (Å²) in [6.45, 7) is 5.10. The minimum absolute atomic E-state index is 0.295. The summed E-state index contributed by atoms with van der Waals surface area (Å²) in [6, 6.07) is 8.09. The molecule has 0 atom stereocenters. The van der Waals surface area contributed by atoms with Gasteiger partial charge in [-0.15, -0.1) is 0 Å². The molecule has 1 fully saturated rings. The number of carbonyl (C=O) groups excluding carboxylic acids is 1.